The third kappa shape index (κ3) is 4.44. The van der Waals surface area contributed by atoms with E-state index in [0.29, 0.717) is 11.2 Å². The van der Waals surface area contributed by atoms with E-state index in [9.17, 15) is 9.59 Å². The predicted molar refractivity (Wildman–Crippen MR) is 131 cm³/mol. The minimum atomic E-state index is -0.678. The number of rotatable bonds is 6. The molecule has 6 nitrogen and oxygen atoms in total. The molecule has 0 radical (unpaired) electrons. The van der Waals surface area contributed by atoms with E-state index in [2.05, 4.69) is 11.8 Å². The minimum Gasteiger partial charge on any atom is -0.457 e. The smallest absolute Gasteiger partial charge is 0.343 e. The first-order valence-corrected chi connectivity index (χ1v) is 12.0. The van der Waals surface area contributed by atoms with Crippen LogP contribution in [-0.4, -0.2) is 48.2 Å². The van der Waals surface area contributed by atoms with Gasteiger partial charge in [-0.25, -0.2) is 9.18 Å². The van der Waals surface area contributed by atoms with E-state index >= 15 is 4.39 Å². The molecule has 1 saturated heterocycles. The number of carbonyl (C=O) groups is 1. The molecular formula is C27H30FN3O3. The quantitative estimate of drug-likeness (QED) is 0.511. The number of aromatic nitrogens is 1. The fourth-order valence-corrected chi connectivity index (χ4v) is 4.73. The summed E-state index contributed by atoms with van der Waals surface area (Å²) in [5, 5.41) is 0.227. The van der Waals surface area contributed by atoms with E-state index in [1.807, 2.05) is 40.7 Å². The summed E-state index contributed by atoms with van der Waals surface area (Å²) in [5.41, 5.74) is 2.59. The molecule has 1 aromatic heterocycles. The molecule has 2 aromatic carbocycles. The number of fused-ring (bicyclic) bond motifs is 1. The molecule has 1 saturated carbocycles. The Balaban J connectivity index is 1.48. The zero-order chi connectivity index (χ0) is 23.8. The molecule has 178 valence electrons. The molecule has 0 spiro atoms. The van der Waals surface area contributed by atoms with Crippen LogP contribution >= 0.6 is 0 Å². The van der Waals surface area contributed by atoms with Crippen LogP contribution < -0.4 is 10.3 Å². The molecular weight excluding hydrogens is 433 g/mol. The lowest BCUT2D eigenvalue weighted by molar-refractivity contribution is 0.0470. The molecule has 2 fully saturated rings. The normalized spacial score (nSPS) is 16.7. The molecule has 0 amide bonds. The van der Waals surface area contributed by atoms with Crippen LogP contribution in [0.3, 0.4) is 0 Å². The third-order valence-electron chi connectivity index (χ3n) is 6.87. The first-order valence-electron chi connectivity index (χ1n) is 12.0. The van der Waals surface area contributed by atoms with Gasteiger partial charge in [0.25, 0.3) is 0 Å². The number of pyridine rings is 1. The van der Waals surface area contributed by atoms with Crippen molar-refractivity contribution in [3.8, 4) is 0 Å². The first-order chi connectivity index (χ1) is 16.4. The van der Waals surface area contributed by atoms with Crippen LogP contribution in [0.4, 0.5) is 10.1 Å². The highest BCUT2D eigenvalue weighted by Crippen LogP contribution is 2.38. The summed E-state index contributed by atoms with van der Waals surface area (Å²) in [7, 11) is 0. The number of halogens is 1. The number of benzene rings is 2. The van der Waals surface area contributed by atoms with Gasteiger partial charge in [-0.05, 0) is 44.0 Å². The largest absolute Gasteiger partial charge is 0.457 e. The maximum Gasteiger partial charge on any atom is 0.343 e. The van der Waals surface area contributed by atoms with Gasteiger partial charge >= 0.3 is 5.97 Å². The number of carbonyl (C=O) groups excluding carboxylic acids is 1. The Morgan fingerprint density at radius 2 is 1.88 bits per heavy atom. The summed E-state index contributed by atoms with van der Waals surface area (Å²) < 4.78 is 22.7. The molecule has 2 aliphatic rings. The van der Waals surface area contributed by atoms with Crippen molar-refractivity contribution in [2.24, 2.45) is 0 Å². The average molecular weight is 464 g/mol. The Kier molecular flexibility index (Phi) is 6.13. The number of nitrogens with zero attached hydrogens (tertiary/aromatic N) is 3. The zero-order valence-corrected chi connectivity index (χ0v) is 19.7. The second-order valence-electron chi connectivity index (χ2n) is 9.32. The maximum atomic E-state index is 15.2. The molecule has 34 heavy (non-hydrogen) atoms. The Hall–Kier alpha value is -3.19. The fraction of sp³-hybridized carbons (Fsp3) is 0.407. The second kappa shape index (κ2) is 9.22. The predicted octanol–water partition coefficient (Wildman–Crippen LogP) is 4.28. The molecule has 2 heterocycles. The van der Waals surface area contributed by atoms with Crippen LogP contribution in [0.25, 0.3) is 10.9 Å². The van der Waals surface area contributed by atoms with Crippen molar-refractivity contribution in [2.45, 2.75) is 39.3 Å². The van der Waals surface area contributed by atoms with E-state index < -0.39 is 17.2 Å². The summed E-state index contributed by atoms with van der Waals surface area (Å²) in [4.78, 5) is 30.5. The number of ether oxygens (including phenoxy) is 1. The van der Waals surface area contributed by atoms with Crippen molar-refractivity contribution < 1.29 is 13.9 Å². The topological polar surface area (TPSA) is 54.8 Å². The Morgan fingerprint density at radius 3 is 2.56 bits per heavy atom. The second-order valence-corrected chi connectivity index (χ2v) is 9.32. The highest BCUT2D eigenvalue weighted by Gasteiger charge is 2.29. The zero-order valence-electron chi connectivity index (χ0n) is 19.7. The Morgan fingerprint density at radius 1 is 1.12 bits per heavy atom. The van der Waals surface area contributed by atoms with Gasteiger partial charge in [-0.1, -0.05) is 36.8 Å². The monoisotopic (exact) mass is 463 g/mol. The van der Waals surface area contributed by atoms with E-state index in [-0.39, 0.29) is 23.6 Å². The molecule has 0 atom stereocenters. The standard InChI is InChI=1S/C27H30FN3O3/c1-3-29-9-11-30(12-10-29)25-15-24-21(14-23(25)28)26(32)22(16-31(24)20-7-8-20)27(33)34-17-19-6-4-5-18(2)13-19/h4-6,13-16,20H,3,7-12,17H2,1-2H3. The van der Waals surface area contributed by atoms with Crippen LogP contribution in [0.1, 0.15) is 47.3 Å². The van der Waals surface area contributed by atoms with E-state index in [4.69, 9.17) is 4.74 Å². The van der Waals surface area contributed by atoms with Crippen LogP contribution in [0.2, 0.25) is 0 Å². The van der Waals surface area contributed by atoms with Gasteiger partial charge in [0.2, 0.25) is 5.43 Å². The Bertz CT molecular complexity index is 1290. The minimum absolute atomic E-state index is 0.0456. The van der Waals surface area contributed by atoms with Gasteiger partial charge in [-0.3, -0.25) is 4.79 Å². The summed E-state index contributed by atoms with van der Waals surface area (Å²) in [6.07, 6.45) is 3.55. The number of hydrogen-bond donors (Lipinski definition) is 0. The van der Waals surface area contributed by atoms with Crippen molar-refractivity contribution in [3.63, 3.8) is 0 Å². The molecule has 1 aliphatic heterocycles. The van der Waals surface area contributed by atoms with Crippen LogP contribution in [0.5, 0.6) is 0 Å². The van der Waals surface area contributed by atoms with Crippen molar-refractivity contribution in [3.05, 3.63) is 75.3 Å². The van der Waals surface area contributed by atoms with Gasteiger partial charge in [-0.2, -0.15) is 0 Å². The number of piperazine rings is 1. The number of esters is 1. The molecule has 7 heteroatoms. The Labute approximate surface area is 198 Å². The van der Waals surface area contributed by atoms with Crippen LogP contribution in [0, 0.1) is 12.7 Å². The van der Waals surface area contributed by atoms with E-state index in [1.165, 1.54) is 6.07 Å². The molecule has 1 aliphatic carbocycles. The summed E-state index contributed by atoms with van der Waals surface area (Å²) >= 11 is 0. The molecule has 3 aromatic rings. The molecule has 5 rings (SSSR count). The van der Waals surface area contributed by atoms with Crippen molar-refractivity contribution in [1.29, 1.82) is 0 Å². The average Bonchev–Trinajstić information content (AvgIpc) is 3.68. The molecule has 0 bridgehead atoms. The summed E-state index contributed by atoms with van der Waals surface area (Å²) in [6, 6.07) is 11.0. The van der Waals surface area contributed by atoms with Gasteiger partial charge in [0.05, 0.1) is 11.2 Å². The number of anilines is 1. The molecule has 0 unspecified atom stereocenters. The highest BCUT2D eigenvalue weighted by molar-refractivity contribution is 5.94. The number of likely N-dealkylation sites (N-methyl/N-ethyl adjacent to an activating group) is 1. The lowest BCUT2D eigenvalue weighted by Gasteiger charge is -2.35. The SMILES string of the molecule is CCN1CCN(c2cc3c(cc2F)c(=O)c(C(=O)OCc2cccc(C)c2)cn3C2CC2)CC1. The molecule has 0 N–H and O–H groups in total. The lowest BCUT2D eigenvalue weighted by atomic mass is 10.1. The van der Waals surface area contributed by atoms with Crippen molar-refractivity contribution >= 4 is 22.6 Å². The van der Waals surface area contributed by atoms with Gasteiger partial charge < -0.3 is 19.1 Å². The van der Waals surface area contributed by atoms with Crippen molar-refractivity contribution in [1.82, 2.24) is 9.47 Å². The van der Waals surface area contributed by atoms with Crippen LogP contribution in [0.15, 0.2) is 47.4 Å². The lowest BCUT2D eigenvalue weighted by Crippen LogP contribution is -2.46. The third-order valence-corrected chi connectivity index (χ3v) is 6.87. The van der Waals surface area contributed by atoms with Crippen LogP contribution in [-0.2, 0) is 11.3 Å². The first kappa shape index (κ1) is 22.6. The number of hydrogen-bond acceptors (Lipinski definition) is 5. The number of aryl methyl sites for hydroxylation is 1. The van der Waals surface area contributed by atoms with E-state index in [0.717, 1.165) is 56.7 Å². The van der Waals surface area contributed by atoms with Gasteiger partial charge in [0, 0.05) is 43.8 Å². The summed E-state index contributed by atoms with van der Waals surface area (Å²) in [6.45, 7) is 8.42. The summed E-state index contributed by atoms with van der Waals surface area (Å²) in [5.74, 6) is -1.11. The van der Waals surface area contributed by atoms with Gasteiger partial charge in [0.15, 0.2) is 0 Å². The highest BCUT2D eigenvalue weighted by atomic mass is 19.1. The van der Waals surface area contributed by atoms with Crippen molar-refractivity contribution in [2.75, 3.05) is 37.6 Å². The van der Waals surface area contributed by atoms with Gasteiger partial charge in [-0.15, -0.1) is 0 Å². The maximum absolute atomic E-state index is 15.2. The fourth-order valence-electron chi connectivity index (χ4n) is 4.73. The van der Waals surface area contributed by atoms with Gasteiger partial charge in [0.1, 0.15) is 18.0 Å². The van der Waals surface area contributed by atoms with E-state index in [1.54, 1.807) is 12.3 Å².